The number of rotatable bonds is 4. The number of alkyl halides is 4. The van der Waals surface area contributed by atoms with E-state index in [-0.39, 0.29) is 11.3 Å². The van der Waals surface area contributed by atoms with Crippen molar-refractivity contribution in [3.05, 3.63) is 35.4 Å². The van der Waals surface area contributed by atoms with Crippen molar-refractivity contribution in [3.8, 4) is 0 Å². The molecular weight excluding hydrogens is 261 g/mol. The van der Waals surface area contributed by atoms with Gasteiger partial charge in [-0.1, -0.05) is 32.0 Å². The maximum atomic E-state index is 12.6. The van der Waals surface area contributed by atoms with E-state index in [2.05, 4.69) is 0 Å². The fraction of sp³-hybridized carbons (Fsp3) is 0.571. The zero-order valence-electron chi connectivity index (χ0n) is 10.8. The van der Waals surface area contributed by atoms with Crippen molar-refractivity contribution >= 4 is 11.6 Å². The Morgan fingerprint density at radius 1 is 1.17 bits per heavy atom. The number of hydrogen-bond acceptors (Lipinski definition) is 0. The molecule has 0 aliphatic heterocycles. The summed E-state index contributed by atoms with van der Waals surface area (Å²) in [5, 5.41) is -0.0560. The molecule has 102 valence electrons. The summed E-state index contributed by atoms with van der Waals surface area (Å²) < 4.78 is 37.8. The van der Waals surface area contributed by atoms with E-state index >= 15 is 0 Å². The van der Waals surface area contributed by atoms with Gasteiger partial charge in [0.1, 0.15) is 0 Å². The normalized spacial score (nSPS) is 15.8. The molecule has 1 aromatic carbocycles. The highest BCUT2D eigenvalue weighted by Gasteiger charge is 2.30. The molecule has 1 aromatic rings. The molecule has 18 heavy (non-hydrogen) atoms. The molecule has 0 amide bonds. The van der Waals surface area contributed by atoms with Crippen LogP contribution in [0.2, 0.25) is 0 Å². The van der Waals surface area contributed by atoms with Gasteiger partial charge in [-0.15, -0.1) is 11.6 Å². The molecule has 0 bridgehead atoms. The van der Waals surface area contributed by atoms with Gasteiger partial charge in [0.2, 0.25) is 0 Å². The lowest BCUT2D eigenvalue weighted by atomic mass is 9.86. The molecule has 4 heteroatoms. The molecule has 0 saturated heterocycles. The van der Waals surface area contributed by atoms with Gasteiger partial charge in [0, 0.05) is 5.38 Å². The third-order valence-electron chi connectivity index (χ3n) is 3.17. The fourth-order valence-electron chi connectivity index (χ4n) is 2.08. The van der Waals surface area contributed by atoms with Crippen LogP contribution in [-0.2, 0) is 12.6 Å². The van der Waals surface area contributed by atoms with Crippen LogP contribution in [0.3, 0.4) is 0 Å². The van der Waals surface area contributed by atoms with Crippen LogP contribution in [0, 0.1) is 11.8 Å². The van der Waals surface area contributed by atoms with E-state index in [4.69, 9.17) is 11.6 Å². The molecule has 0 fully saturated rings. The summed E-state index contributed by atoms with van der Waals surface area (Å²) >= 11 is 6.10. The Kier molecular flexibility index (Phi) is 5.09. The van der Waals surface area contributed by atoms with Crippen molar-refractivity contribution in [2.24, 2.45) is 11.8 Å². The third-order valence-corrected chi connectivity index (χ3v) is 3.50. The summed E-state index contributed by atoms with van der Waals surface area (Å²) in [6.07, 6.45) is -3.71. The van der Waals surface area contributed by atoms with Crippen molar-refractivity contribution in [2.45, 2.75) is 38.7 Å². The summed E-state index contributed by atoms with van der Waals surface area (Å²) in [4.78, 5) is 0. The van der Waals surface area contributed by atoms with E-state index in [1.165, 1.54) is 12.1 Å². The highest BCUT2D eigenvalue weighted by molar-refractivity contribution is 6.20. The van der Waals surface area contributed by atoms with Gasteiger partial charge in [0.15, 0.2) is 0 Å². The average Bonchev–Trinajstić information content (AvgIpc) is 2.24. The topological polar surface area (TPSA) is 0 Å². The van der Waals surface area contributed by atoms with Gasteiger partial charge < -0.3 is 0 Å². The summed E-state index contributed by atoms with van der Waals surface area (Å²) in [5.74, 6) is 0.516. The first kappa shape index (κ1) is 15.4. The predicted molar refractivity (Wildman–Crippen MR) is 68.8 cm³/mol. The summed E-state index contributed by atoms with van der Waals surface area (Å²) in [5.41, 5.74) is 0.0979. The van der Waals surface area contributed by atoms with Crippen LogP contribution < -0.4 is 0 Å². The van der Waals surface area contributed by atoms with Crippen LogP contribution >= 0.6 is 11.6 Å². The highest BCUT2D eigenvalue weighted by atomic mass is 35.5. The van der Waals surface area contributed by atoms with E-state index in [9.17, 15) is 13.2 Å². The lowest BCUT2D eigenvalue weighted by molar-refractivity contribution is -0.137. The first-order valence-corrected chi connectivity index (χ1v) is 6.45. The highest BCUT2D eigenvalue weighted by Crippen LogP contribution is 2.31. The molecule has 0 spiro atoms. The maximum Gasteiger partial charge on any atom is 0.416 e. The standard InChI is InChI=1S/C14H18ClF3/c1-9(2)13(10(3)15)8-11-5-4-6-12(7-11)14(16,17)18/h4-7,9-10,13H,8H2,1-3H3. The van der Waals surface area contributed by atoms with E-state index in [1.807, 2.05) is 20.8 Å². The number of hydrogen-bond donors (Lipinski definition) is 0. The van der Waals surface area contributed by atoms with Gasteiger partial charge in [0.05, 0.1) is 5.56 Å². The Hall–Kier alpha value is -0.700. The van der Waals surface area contributed by atoms with Crippen molar-refractivity contribution in [1.29, 1.82) is 0 Å². The molecule has 0 nitrogen and oxygen atoms in total. The largest absolute Gasteiger partial charge is 0.416 e. The van der Waals surface area contributed by atoms with Gasteiger partial charge in [-0.2, -0.15) is 13.2 Å². The van der Waals surface area contributed by atoms with E-state index < -0.39 is 11.7 Å². The van der Waals surface area contributed by atoms with Gasteiger partial charge >= 0.3 is 6.18 Å². The van der Waals surface area contributed by atoms with E-state index in [0.29, 0.717) is 17.9 Å². The van der Waals surface area contributed by atoms with Gasteiger partial charge in [-0.05, 0) is 36.8 Å². The van der Waals surface area contributed by atoms with Crippen molar-refractivity contribution in [2.75, 3.05) is 0 Å². The lowest BCUT2D eigenvalue weighted by Crippen LogP contribution is -2.21. The molecular formula is C14H18ClF3. The molecule has 0 aliphatic carbocycles. The predicted octanol–water partition coefficient (Wildman–Crippen LogP) is 5.15. The molecule has 0 saturated carbocycles. The molecule has 0 aliphatic rings. The molecule has 0 heterocycles. The fourth-order valence-corrected chi connectivity index (χ4v) is 2.46. The first-order chi connectivity index (χ1) is 8.21. The van der Waals surface area contributed by atoms with Crippen LogP contribution in [-0.4, -0.2) is 5.38 Å². The summed E-state index contributed by atoms with van der Waals surface area (Å²) in [7, 11) is 0. The van der Waals surface area contributed by atoms with Crippen LogP contribution in [0.1, 0.15) is 31.9 Å². The third kappa shape index (κ3) is 4.20. The van der Waals surface area contributed by atoms with Gasteiger partial charge in [0.25, 0.3) is 0 Å². The van der Waals surface area contributed by atoms with Gasteiger partial charge in [-0.3, -0.25) is 0 Å². The van der Waals surface area contributed by atoms with Crippen LogP contribution in [0.4, 0.5) is 13.2 Å². The van der Waals surface area contributed by atoms with E-state index in [1.54, 1.807) is 6.07 Å². The molecule has 2 atom stereocenters. The molecule has 1 rings (SSSR count). The lowest BCUT2D eigenvalue weighted by Gasteiger charge is -2.23. The average molecular weight is 279 g/mol. The Bertz CT molecular complexity index is 375. The van der Waals surface area contributed by atoms with Crippen LogP contribution in [0.5, 0.6) is 0 Å². The molecule has 0 N–H and O–H groups in total. The summed E-state index contributed by atoms with van der Waals surface area (Å²) in [6, 6.07) is 5.49. The van der Waals surface area contributed by atoms with Crippen molar-refractivity contribution < 1.29 is 13.2 Å². The Morgan fingerprint density at radius 3 is 2.22 bits per heavy atom. The minimum Gasteiger partial charge on any atom is -0.166 e. The van der Waals surface area contributed by atoms with Crippen molar-refractivity contribution in [1.82, 2.24) is 0 Å². The van der Waals surface area contributed by atoms with Crippen LogP contribution in [0.25, 0.3) is 0 Å². The first-order valence-electron chi connectivity index (χ1n) is 6.02. The molecule has 0 radical (unpaired) electrons. The Labute approximate surface area is 111 Å². The SMILES string of the molecule is CC(C)C(Cc1cccc(C(F)(F)F)c1)C(C)Cl. The monoisotopic (exact) mass is 278 g/mol. The zero-order valence-corrected chi connectivity index (χ0v) is 11.5. The Balaban J connectivity index is 2.91. The Morgan fingerprint density at radius 2 is 1.78 bits per heavy atom. The number of benzene rings is 1. The van der Waals surface area contributed by atoms with Crippen molar-refractivity contribution in [3.63, 3.8) is 0 Å². The van der Waals surface area contributed by atoms with Gasteiger partial charge in [-0.25, -0.2) is 0 Å². The smallest absolute Gasteiger partial charge is 0.166 e. The quantitative estimate of drug-likeness (QED) is 0.668. The van der Waals surface area contributed by atoms with Crippen LogP contribution in [0.15, 0.2) is 24.3 Å². The minimum absolute atomic E-state index is 0.0560. The molecule has 0 aromatic heterocycles. The molecule has 2 unspecified atom stereocenters. The second-order valence-electron chi connectivity index (χ2n) is 4.99. The maximum absolute atomic E-state index is 12.6. The second kappa shape index (κ2) is 5.96. The second-order valence-corrected chi connectivity index (χ2v) is 5.68. The summed E-state index contributed by atoms with van der Waals surface area (Å²) in [6.45, 7) is 5.97. The zero-order chi connectivity index (χ0) is 13.9. The number of halogens is 4. The van der Waals surface area contributed by atoms with E-state index in [0.717, 1.165) is 6.07 Å². The minimum atomic E-state index is -4.28.